The maximum Gasteiger partial charge on any atom is 0.148 e. The van der Waals surface area contributed by atoms with Gasteiger partial charge >= 0.3 is 0 Å². The molecule has 0 bridgehead atoms. The van der Waals surface area contributed by atoms with E-state index in [1.165, 1.54) is 0 Å². The number of pyridine rings is 1. The number of hydrogen-bond donors (Lipinski definition) is 1. The Kier molecular flexibility index (Phi) is 8.88. The molecule has 3 aromatic heterocycles. The third-order valence-corrected chi connectivity index (χ3v) is 11.2. The predicted molar refractivity (Wildman–Crippen MR) is 244 cm³/mol. The van der Waals surface area contributed by atoms with Crippen molar-refractivity contribution in [2.45, 2.75) is 6.85 Å². The van der Waals surface area contributed by atoms with Crippen LogP contribution in [0.15, 0.2) is 199 Å². The molecule has 0 radical (unpaired) electrons. The minimum Gasteiger partial charge on any atom is -0.507 e. The average molecular weight is 969 g/mol. The molecule has 294 valence electrons. The van der Waals surface area contributed by atoms with Crippen LogP contribution >= 0.6 is 0 Å². The fraction of sp³-hybridized carbons (Fsp3) is 0.0182. The van der Waals surface area contributed by atoms with E-state index in [4.69, 9.17) is 18.5 Å². The fourth-order valence-corrected chi connectivity index (χ4v) is 8.31. The monoisotopic (exact) mass is 968 g/mol. The topological polar surface area (TPSA) is 64.1 Å². The number of hydrogen-bond acceptors (Lipinski definition) is 4. The van der Waals surface area contributed by atoms with E-state index in [9.17, 15) is 5.11 Å². The van der Waals surface area contributed by atoms with E-state index in [1.54, 1.807) is 24.3 Å². The molecule has 0 fully saturated rings. The normalized spacial score (nSPS) is 12.2. The molecule has 0 unspecified atom stereocenters. The van der Waals surface area contributed by atoms with Crippen LogP contribution in [0.5, 0.6) is 5.75 Å². The van der Waals surface area contributed by atoms with Gasteiger partial charge in [-0.15, -0.1) is 17.7 Å². The second-order valence-electron chi connectivity index (χ2n) is 14.8. The van der Waals surface area contributed by atoms with Crippen LogP contribution in [0.2, 0.25) is 0 Å². The number of aryl methyl sites for hydroxylation is 1. The molecule has 0 aliphatic carbocycles. The first-order valence-electron chi connectivity index (χ1n) is 21.3. The summed E-state index contributed by atoms with van der Waals surface area (Å²) in [5.41, 5.74) is 13.3. The van der Waals surface area contributed by atoms with E-state index in [-0.39, 0.29) is 32.4 Å². The van der Waals surface area contributed by atoms with Crippen molar-refractivity contribution in [3.8, 4) is 78.6 Å². The molecule has 0 spiro atoms. The minimum atomic E-state index is -2.32. The average Bonchev–Trinajstić information content (AvgIpc) is 3.90. The van der Waals surface area contributed by atoms with Crippen molar-refractivity contribution in [3.05, 3.63) is 206 Å². The number of furan rings is 1. The number of aromatic hydroxyl groups is 1. The van der Waals surface area contributed by atoms with E-state index < -0.39 is 6.85 Å². The molecule has 11 aromatic rings. The van der Waals surface area contributed by atoms with E-state index in [1.807, 2.05) is 120 Å². The Bertz CT molecular complexity index is 3510. The van der Waals surface area contributed by atoms with Crippen LogP contribution in [-0.4, -0.2) is 19.6 Å². The summed E-state index contributed by atoms with van der Waals surface area (Å²) in [6.07, 6.45) is 1.83. The SMILES string of the molecule is [2H]C([2H])([2H])c1ccc(-n2c(-c3ccccc3O)nc3c(-c4[c-]c(-c5cc(-c6ccc(-c7ccccc7)cc6)ccn5)c5oc6ccccc6c5c4)cccc32)c(-c2ccccc2)c1.[Pt]. The van der Waals surface area contributed by atoms with Gasteiger partial charge in [0.25, 0.3) is 0 Å². The Hall–Kier alpha value is -7.33. The summed E-state index contributed by atoms with van der Waals surface area (Å²) in [7, 11) is 0. The summed E-state index contributed by atoms with van der Waals surface area (Å²) in [4.78, 5) is 10.3. The van der Waals surface area contributed by atoms with Gasteiger partial charge in [0.15, 0.2) is 0 Å². The Labute approximate surface area is 371 Å². The van der Waals surface area contributed by atoms with Crippen molar-refractivity contribution in [2.75, 3.05) is 0 Å². The summed E-state index contributed by atoms with van der Waals surface area (Å²) in [5, 5.41) is 13.2. The summed E-state index contributed by atoms with van der Waals surface area (Å²) in [5.74, 6) is 0.564. The molecule has 6 heteroatoms. The molecule has 0 aliphatic heterocycles. The number of benzene rings is 8. The molecule has 3 heterocycles. The molecule has 0 aliphatic rings. The smallest absolute Gasteiger partial charge is 0.148 e. The van der Waals surface area contributed by atoms with Crippen LogP contribution in [-0.2, 0) is 21.1 Å². The quantitative estimate of drug-likeness (QED) is 0.162. The molecular weight excluding hydrogens is 930 g/mol. The van der Waals surface area contributed by atoms with E-state index in [0.29, 0.717) is 45.0 Å². The molecule has 8 aromatic carbocycles. The fourth-order valence-electron chi connectivity index (χ4n) is 8.31. The molecular formula is C55H36N3O2Pt-. The van der Waals surface area contributed by atoms with Crippen LogP contribution in [0.3, 0.4) is 0 Å². The van der Waals surface area contributed by atoms with Gasteiger partial charge in [0.1, 0.15) is 17.2 Å². The van der Waals surface area contributed by atoms with Gasteiger partial charge in [0.2, 0.25) is 0 Å². The molecule has 11 rings (SSSR count). The predicted octanol–water partition coefficient (Wildman–Crippen LogP) is 14.1. The van der Waals surface area contributed by atoms with Crippen molar-refractivity contribution in [2.24, 2.45) is 0 Å². The second kappa shape index (κ2) is 15.7. The Morgan fingerprint density at radius 3 is 2.07 bits per heavy atom. The maximum absolute atomic E-state index is 11.4. The van der Waals surface area contributed by atoms with Crippen LogP contribution in [0.1, 0.15) is 9.68 Å². The number of imidazole rings is 1. The molecule has 0 saturated heterocycles. The van der Waals surface area contributed by atoms with E-state index in [0.717, 1.165) is 60.8 Å². The zero-order valence-electron chi connectivity index (χ0n) is 35.5. The van der Waals surface area contributed by atoms with Gasteiger partial charge in [-0.1, -0.05) is 156 Å². The van der Waals surface area contributed by atoms with Crippen LogP contribution < -0.4 is 0 Å². The number of para-hydroxylation sites is 3. The van der Waals surface area contributed by atoms with Gasteiger partial charge < -0.3 is 9.52 Å². The van der Waals surface area contributed by atoms with Gasteiger partial charge in [0, 0.05) is 48.0 Å². The largest absolute Gasteiger partial charge is 0.507 e. The maximum atomic E-state index is 11.4. The second-order valence-corrected chi connectivity index (χ2v) is 14.8. The summed E-state index contributed by atoms with van der Waals surface area (Å²) in [6.45, 7) is -2.32. The van der Waals surface area contributed by atoms with Gasteiger partial charge in [-0.25, -0.2) is 4.98 Å². The van der Waals surface area contributed by atoms with Crippen molar-refractivity contribution in [3.63, 3.8) is 0 Å². The summed E-state index contributed by atoms with van der Waals surface area (Å²) < 4.78 is 33.4. The van der Waals surface area contributed by atoms with Gasteiger partial charge in [-0.3, -0.25) is 9.55 Å². The van der Waals surface area contributed by atoms with Crippen molar-refractivity contribution < 1.29 is 34.7 Å². The molecule has 1 N–H and O–H groups in total. The van der Waals surface area contributed by atoms with Crippen LogP contribution in [0.25, 0.3) is 106 Å². The standard InChI is InChI=1S/C55H36N3O2.Pt/c1-35-23-28-49(45(31-35)39-15-6-3-7-16-39)58-50-20-12-19-42(53(50)57-55(58)44-18-8-10-21-51(44)59)41-32-46-43-17-9-11-22-52(43)60-54(46)47(33-41)48-34-40(29-30-56-48)38-26-24-37(25-27-38)36-13-4-2-5-14-36;/h2-32,34,59H,1H3;/q-1;/i1D3;. The third-order valence-electron chi connectivity index (χ3n) is 11.2. The number of phenols is 1. The molecule has 61 heavy (non-hydrogen) atoms. The van der Waals surface area contributed by atoms with Crippen molar-refractivity contribution >= 4 is 33.0 Å². The molecule has 0 amide bonds. The zero-order chi connectivity index (χ0) is 42.7. The van der Waals surface area contributed by atoms with Crippen molar-refractivity contribution in [1.82, 2.24) is 14.5 Å². The van der Waals surface area contributed by atoms with E-state index >= 15 is 0 Å². The number of nitrogens with zero attached hydrogens (tertiary/aromatic N) is 3. The Morgan fingerprint density at radius 1 is 0.590 bits per heavy atom. The number of phenolic OH excluding ortho intramolecular Hbond substituents is 1. The van der Waals surface area contributed by atoms with Gasteiger partial charge in [-0.05, 0) is 82.5 Å². The summed E-state index contributed by atoms with van der Waals surface area (Å²) >= 11 is 0. The third kappa shape index (κ3) is 6.74. The zero-order valence-corrected chi connectivity index (χ0v) is 34.8. The number of aromatic nitrogens is 3. The van der Waals surface area contributed by atoms with E-state index in [2.05, 4.69) is 60.7 Å². The Balaban J connectivity index is 0.00000484. The first-order valence-corrected chi connectivity index (χ1v) is 19.8. The van der Waals surface area contributed by atoms with Crippen molar-refractivity contribution in [1.29, 1.82) is 0 Å². The minimum absolute atomic E-state index is 0. The molecule has 0 saturated carbocycles. The first kappa shape index (κ1) is 34.5. The van der Waals surface area contributed by atoms with Crippen LogP contribution in [0.4, 0.5) is 0 Å². The molecule has 0 atom stereocenters. The summed E-state index contributed by atoms with van der Waals surface area (Å²) in [6, 6.07) is 65.0. The van der Waals surface area contributed by atoms with Gasteiger partial charge in [-0.2, -0.15) is 0 Å². The number of rotatable bonds is 7. The first-order chi connectivity index (χ1) is 30.8. The Morgan fingerprint density at radius 2 is 1.28 bits per heavy atom. The molecule has 5 nitrogen and oxygen atoms in total. The number of fused-ring (bicyclic) bond motifs is 4. The van der Waals surface area contributed by atoms with Gasteiger partial charge in [0.05, 0.1) is 27.9 Å². The van der Waals surface area contributed by atoms with Crippen LogP contribution in [0, 0.1) is 12.9 Å².